The summed E-state index contributed by atoms with van der Waals surface area (Å²) in [4.78, 5) is 23.4. The molecule has 0 radical (unpaired) electrons. The number of aromatic hydroxyl groups is 1. The molecule has 0 aliphatic rings. The molecular formula is C41H34O10. The highest BCUT2D eigenvalue weighted by atomic mass is 16.5. The van der Waals surface area contributed by atoms with E-state index in [-0.39, 0.29) is 16.9 Å². The number of carbonyl (C=O) groups is 2. The second kappa shape index (κ2) is 14.4. The Morgan fingerprint density at radius 1 is 0.510 bits per heavy atom. The molecule has 0 bridgehead atoms. The van der Waals surface area contributed by atoms with E-state index >= 15 is 0 Å². The third-order valence-corrected chi connectivity index (χ3v) is 8.61. The van der Waals surface area contributed by atoms with Gasteiger partial charge in [-0.25, -0.2) is 9.59 Å². The fourth-order valence-corrected chi connectivity index (χ4v) is 6.12. The number of carboxylic acids is 2. The molecule has 51 heavy (non-hydrogen) atoms. The maximum Gasteiger partial charge on any atom is 0.336 e. The summed E-state index contributed by atoms with van der Waals surface area (Å²) in [7, 11) is 6.10. The minimum atomic E-state index is -1.07. The van der Waals surface area contributed by atoms with Gasteiger partial charge >= 0.3 is 11.9 Å². The van der Waals surface area contributed by atoms with Crippen LogP contribution >= 0.6 is 0 Å². The van der Waals surface area contributed by atoms with Crippen molar-refractivity contribution in [2.24, 2.45) is 0 Å². The summed E-state index contributed by atoms with van der Waals surface area (Å²) >= 11 is 0. The Kier molecular flexibility index (Phi) is 9.68. The first-order chi connectivity index (χ1) is 24.7. The number of rotatable bonds is 9. The Morgan fingerprint density at radius 3 is 1.59 bits per heavy atom. The number of phenolic OH excluding ortho intramolecular Hbond substituents is 1. The van der Waals surface area contributed by atoms with Gasteiger partial charge in [0.2, 0.25) is 0 Å². The zero-order valence-electron chi connectivity index (χ0n) is 28.2. The fraction of sp³-hybridized carbons (Fsp3) is 0.122. The van der Waals surface area contributed by atoms with E-state index in [0.29, 0.717) is 56.9 Å². The quantitative estimate of drug-likeness (QED) is 0.126. The molecular weight excluding hydrogens is 652 g/mol. The summed E-state index contributed by atoms with van der Waals surface area (Å²) in [6.07, 6.45) is 0. The highest BCUT2D eigenvalue weighted by Gasteiger charge is 2.18. The van der Waals surface area contributed by atoms with Crippen LogP contribution in [0, 0.1) is 0 Å². The summed E-state index contributed by atoms with van der Waals surface area (Å²) in [6, 6.07) is 30.7. The van der Waals surface area contributed by atoms with Crippen LogP contribution in [0.5, 0.6) is 34.5 Å². The topological polar surface area (TPSA) is 141 Å². The Hall–Kier alpha value is -6.68. The molecule has 7 rings (SSSR count). The molecule has 0 amide bonds. The van der Waals surface area contributed by atoms with Crippen molar-refractivity contribution in [3.05, 3.63) is 120 Å². The molecule has 0 spiro atoms. The molecule has 0 fully saturated rings. The first-order valence-corrected chi connectivity index (χ1v) is 15.7. The maximum atomic E-state index is 11.8. The van der Waals surface area contributed by atoms with E-state index in [1.165, 1.54) is 33.5 Å². The zero-order chi connectivity index (χ0) is 36.2. The number of hydrogen-bond donors (Lipinski definition) is 3. The standard InChI is InChI=1S/C24H20O5.C17H14O5/c1-27-22-12-19-18-11-17(29-14-15-6-4-3-5-7-15)9-8-16(18)10-21(24(25)26)20(19)13-23(22)28-2;1-21-15-7-10-9-4-3-5-14(18)12(9)6-13(17(19)20)11(10)8-16(15)22-2/h3-13H,14H2,1-2H3,(H,25,26);3-8,18H,1-2H3,(H,19,20). The van der Waals surface area contributed by atoms with Crippen molar-refractivity contribution in [3.63, 3.8) is 0 Å². The van der Waals surface area contributed by atoms with Crippen LogP contribution in [0.3, 0.4) is 0 Å². The van der Waals surface area contributed by atoms with Gasteiger partial charge in [0.15, 0.2) is 23.0 Å². The second-order valence-corrected chi connectivity index (χ2v) is 11.5. The molecule has 0 atom stereocenters. The van der Waals surface area contributed by atoms with Crippen LogP contribution in [0.15, 0.2) is 103 Å². The molecule has 0 unspecified atom stereocenters. The Morgan fingerprint density at radius 2 is 1.04 bits per heavy atom. The van der Waals surface area contributed by atoms with Crippen LogP contribution in [0.25, 0.3) is 43.1 Å². The number of hydrogen-bond acceptors (Lipinski definition) is 8. The van der Waals surface area contributed by atoms with Crippen LogP contribution in [0.2, 0.25) is 0 Å². The first kappa shape index (κ1) is 34.2. The number of carboxylic acid groups (broad SMARTS) is 2. The Bertz CT molecular complexity index is 2440. The van der Waals surface area contributed by atoms with Gasteiger partial charge in [0.05, 0.1) is 39.6 Å². The minimum absolute atomic E-state index is 0.0386. The number of methoxy groups -OCH3 is 4. The molecule has 3 N–H and O–H groups in total. The minimum Gasteiger partial charge on any atom is -0.507 e. The van der Waals surface area contributed by atoms with E-state index in [9.17, 15) is 24.9 Å². The summed E-state index contributed by atoms with van der Waals surface area (Å²) in [5, 5.41) is 34.7. The van der Waals surface area contributed by atoms with E-state index in [1.54, 1.807) is 37.4 Å². The zero-order valence-corrected chi connectivity index (χ0v) is 28.2. The number of benzene rings is 7. The SMILES string of the molecule is COc1cc2c(C(=O)O)cc3c(O)cccc3c2cc1OC.COc1cc2c(C(=O)O)cc3ccc(OCc4ccccc4)cc3c2cc1OC. The molecule has 7 aromatic rings. The monoisotopic (exact) mass is 686 g/mol. The molecule has 0 saturated heterocycles. The fourth-order valence-electron chi connectivity index (χ4n) is 6.12. The van der Waals surface area contributed by atoms with Gasteiger partial charge in [0.25, 0.3) is 0 Å². The average molecular weight is 687 g/mol. The number of aromatic carboxylic acids is 2. The molecule has 0 saturated carbocycles. The lowest BCUT2D eigenvalue weighted by molar-refractivity contribution is 0.0688. The Labute approximate surface area is 292 Å². The second-order valence-electron chi connectivity index (χ2n) is 11.5. The third kappa shape index (κ3) is 6.67. The third-order valence-electron chi connectivity index (χ3n) is 8.61. The lowest BCUT2D eigenvalue weighted by atomic mass is 9.96. The molecule has 0 aliphatic carbocycles. The molecule has 0 aliphatic heterocycles. The van der Waals surface area contributed by atoms with Crippen molar-refractivity contribution >= 4 is 55.0 Å². The molecule has 7 aromatic carbocycles. The molecule has 258 valence electrons. The highest BCUT2D eigenvalue weighted by Crippen LogP contribution is 2.41. The van der Waals surface area contributed by atoms with Crippen molar-refractivity contribution in [1.29, 1.82) is 0 Å². The summed E-state index contributed by atoms with van der Waals surface area (Å²) < 4.78 is 27.3. The van der Waals surface area contributed by atoms with Gasteiger partial charge in [-0.15, -0.1) is 0 Å². The van der Waals surface area contributed by atoms with Gasteiger partial charge in [0.1, 0.15) is 18.1 Å². The van der Waals surface area contributed by atoms with Crippen LogP contribution in [-0.2, 0) is 6.61 Å². The van der Waals surface area contributed by atoms with E-state index in [2.05, 4.69) is 0 Å². The predicted molar refractivity (Wildman–Crippen MR) is 195 cm³/mol. The largest absolute Gasteiger partial charge is 0.507 e. The lowest BCUT2D eigenvalue weighted by Crippen LogP contribution is -2.00. The number of fused-ring (bicyclic) bond motifs is 6. The molecule has 10 heteroatoms. The summed E-state index contributed by atoms with van der Waals surface area (Å²) in [5.74, 6) is 0.671. The lowest BCUT2D eigenvalue weighted by Gasteiger charge is -2.14. The van der Waals surface area contributed by atoms with Crippen LogP contribution in [-0.4, -0.2) is 55.7 Å². The van der Waals surface area contributed by atoms with Crippen LogP contribution in [0.1, 0.15) is 26.3 Å². The van der Waals surface area contributed by atoms with E-state index in [1.807, 2.05) is 60.7 Å². The number of ether oxygens (including phenoxy) is 5. The van der Waals surface area contributed by atoms with Gasteiger partial charge in [-0.1, -0.05) is 48.5 Å². The van der Waals surface area contributed by atoms with Gasteiger partial charge in [-0.05, 0) is 87.1 Å². The van der Waals surface area contributed by atoms with Crippen molar-refractivity contribution in [3.8, 4) is 34.5 Å². The van der Waals surface area contributed by atoms with Gasteiger partial charge in [-0.3, -0.25) is 0 Å². The predicted octanol–water partition coefficient (Wildman–Crippen LogP) is 8.70. The average Bonchev–Trinajstić information content (AvgIpc) is 3.15. The van der Waals surface area contributed by atoms with Crippen molar-refractivity contribution in [2.75, 3.05) is 28.4 Å². The van der Waals surface area contributed by atoms with Crippen LogP contribution in [0.4, 0.5) is 0 Å². The van der Waals surface area contributed by atoms with E-state index in [4.69, 9.17) is 23.7 Å². The Balaban J connectivity index is 0.000000183. The van der Waals surface area contributed by atoms with Gasteiger partial charge in [-0.2, -0.15) is 0 Å². The van der Waals surface area contributed by atoms with Gasteiger partial charge < -0.3 is 39.0 Å². The van der Waals surface area contributed by atoms with Crippen molar-refractivity contribution < 1.29 is 48.6 Å². The molecule has 10 nitrogen and oxygen atoms in total. The molecule has 0 aromatic heterocycles. The molecule has 0 heterocycles. The maximum absolute atomic E-state index is 11.8. The van der Waals surface area contributed by atoms with Gasteiger partial charge in [0, 0.05) is 16.2 Å². The van der Waals surface area contributed by atoms with Crippen LogP contribution < -0.4 is 23.7 Å². The van der Waals surface area contributed by atoms with E-state index < -0.39 is 11.9 Å². The summed E-state index contributed by atoms with van der Waals surface area (Å²) in [5.41, 5.74) is 1.39. The van der Waals surface area contributed by atoms with E-state index in [0.717, 1.165) is 27.1 Å². The first-order valence-electron chi connectivity index (χ1n) is 15.7. The van der Waals surface area contributed by atoms with Crippen molar-refractivity contribution in [2.45, 2.75) is 6.61 Å². The smallest absolute Gasteiger partial charge is 0.336 e. The van der Waals surface area contributed by atoms with Crippen molar-refractivity contribution in [1.82, 2.24) is 0 Å². The summed E-state index contributed by atoms with van der Waals surface area (Å²) in [6.45, 7) is 0.453. The normalized spacial score (nSPS) is 10.8. The number of phenols is 1. The highest BCUT2D eigenvalue weighted by molar-refractivity contribution is 6.18.